The fourth-order valence-electron chi connectivity index (χ4n) is 3.20. The van der Waals surface area contributed by atoms with Gasteiger partial charge in [-0.25, -0.2) is 0 Å². The minimum atomic E-state index is -0.227. The molecule has 3 aliphatic rings. The van der Waals surface area contributed by atoms with Crippen LogP contribution < -0.4 is 9.64 Å². The van der Waals surface area contributed by atoms with Crippen molar-refractivity contribution in [3.63, 3.8) is 0 Å². The van der Waals surface area contributed by atoms with E-state index >= 15 is 0 Å². The molecule has 0 unspecified atom stereocenters. The molecule has 4 nitrogen and oxygen atoms in total. The molecule has 0 aliphatic carbocycles. The van der Waals surface area contributed by atoms with Gasteiger partial charge in [0.25, 0.3) is 5.91 Å². The molecule has 21 heavy (non-hydrogen) atoms. The summed E-state index contributed by atoms with van der Waals surface area (Å²) in [6, 6.07) is 5.87. The third-order valence-corrected chi connectivity index (χ3v) is 5.57. The summed E-state index contributed by atoms with van der Waals surface area (Å²) in [5.74, 6) is 2.50. The molecule has 0 N–H and O–H groups in total. The minimum Gasteiger partial charge on any atom is -0.485 e. The Morgan fingerprint density at radius 1 is 1.43 bits per heavy atom. The van der Waals surface area contributed by atoms with Crippen LogP contribution in [0.15, 0.2) is 18.2 Å². The number of thioether (sulfide) groups is 1. The minimum absolute atomic E-state index is 0.0757. The number of carbonyl (C=O) groups excluding carboxylic acids is 1. The normalized spacial score (nSPS) is 26.1. The van der Waals surface area contributed by atoms with Gasteiger partial charge in [0.15, 0.2) is 5.11 Å². The molecule has 6 heteroatoms. The molecule has 2 saturated heterocycles. The zero-order valence-electron chi connectivity index (χ0n) is 12.0. The Kier molecular flexibility index (Phi) is 2.78. The number of para-hydroxylation sites is 1. The largest absolute Gasteiger partial charge is 0.485 e. The highest BCUT2D eigenvalue weighted by Gasteiger charge is 2.47. The Morgan fingerprint density at radius 3 is 3.00 bits per heavy atom. The van der Waals surface area contributed by atoms with Gasteiger partial charge >= 0.3 is 0 Å². The van der Waals surface area contributed by atoms with Crippen molar-refractivity contribution >= 4 is 40.7 Å². The molecule has 1 aromatic rings. The molecular formula is C15H16N2O2S2. The molecule has 0 aromatic heterocycles. The Labute approximate surface area is 133 Å². The van der Waals surface area contributed by atoms with Gasteiger partial charge in [0, 0.05) is 17.7 Å². The summed E-state index contributed by atoms with van der Waals surface area (Å²) in [6.45, 7) is 4.13. The van der Waals surface area contributed by atoms with Crippen LogP contribution in [0.1, 0.15) is 19.4 Å². The highest BCUT2D eigenvalue weighted by molar-refractivity contribution is 7.99. The SMILES string of the molecule is CC1(C)Cc2cccc(N3C(=O)[C@H]4CSCN4C3=S)c2O1. The molecule has 3 aliphatic heterocycles. The Morgan fingerprint density at radius 2 is 2.24 bits per heavy atom. The van der Waals surface area contributed by atoms with Crippen LogP contribution in [0.3, 0.4) is 0 Å². The molecule has 1 amide bonds. The average molecular weight is 320 g/mol. The summed E-state index contributed by atoms with van der Waals surface area (Å²) >= 11 is 7.28. The number of amides is 1. The van der Waals surface area contributed by atoms with Crippen molar-refractivity contribution in [1.82, 2.24) is 4.90 Å². The predicted molar refractivity (Wildman–Crippen MR) is 87.9 cm³/mol. The number of anilines is 1. The van der Waals surface area contributed by atoms with E-state index in [0.717, 1.165) is 35.1 Å². The second kappa shape index (κ2) is 4.36. The van der Waals surface area contributed by atoms with Gasteiger partial charge in [-0.15, -0.1) is 11.8 Å². The molecule has 1 aromatic carbocycles. The molecule has 4 rings (SSSR count). The van der Waals surface area contributed by atoms with Gasteiger partial charge in [0.05, 0.1) is 11.6 Å². The van der Waals surface area contributed by atoms with Crippen LogP contribution in [0.2, 0.25) is 0 Å². The lowest BCUT2D eigenvalue weighted by molar-refractivity contribution is -0.118. The first-order valence-electron chi connectivity index (χ1n) is 7.01. The van der Waals surface area contributed by atoms with Crippen LogP contribution in [0.25, 0.3) is 0 Å². The molecule has 1 atom stereocenters. The second-order valence-electron chi connectivity index (χ2n) is 6.25. The Bertz CT molecular complexity index is 637. The van der Waals surface area contributed by atoms with Crippen molar-refractivity contribution in [2.45, 2.75) is 31.9 Å². The lowest BCUT2D eigenvalue weighted by Crippen LogP contribution is -2.33. The van der Waals surface area contributed by atoms with Gasteiger partial charge in [-0.2, -0.15) is 0 Å². The first-order chi connectivity index (χ1) is 9.98. The van der Waals surface area contributed by atoms with Crippen LogP contribution in [-0.2, 0) is 11.2 Å². The van der Waals surface area contributed by atoms with E-state index in [-0.39, 0.29) is 17.6 Å². The van der Waals surface area contributed by atoms with E-state index in [4.69, 9.17) is 17.0 Å². The molecule has 0 spiro atoms. The summed E-state index contributed by atoms with van der Waals surface area (Å²) in [5, 5.41) is 0.608. The van der Waals surface area contributed by atoms with Gasteiger partial charge in [-0.3, -0.25) is 9.69 Å². The maximum Gasteiger partial charge on any atom is 0.257 e. The topological polar surface area (TPSA) is 32.8 Å². The summed E-state index contributed by atoms with van der Waals surface area (Å²) in [6.07, 6.45) is 0.855. The number of benzene rings is 1. The zero-order valence-corrected chi connectivity index (χ0v) is 13.6. The second-order valence-corrected chi connectivity index (χ2v) is 7.61. The van der Waals surface area contributed by atoms with E-state index in [2.05, 4.69) is 19.9 Å². The zero-order chi connectivity index (χ0) is 14.8. The molecule has 0 bridgehead atoms. The van der Waals surface area contributed by atoms with Crippen LogP contribution in [0.4, 0.5) is 5.69 Å². The quantitative estimate of drug-likeness (QED) is 0.742. The van der Waals surface area contributed by atoms with Gasteiger partial charge in [0.1, 0.15) is 17.4 Å². The van der Waals surface area contributed by atoms with Gasteiger partial charge < -0.3 is 9.64 Å². The lowest BCUT2D eigenvalue weighted by atomic mass is 10.0. The maximum atomic E-state index is 12.7. The number of hydrogen-bond acceptors (Lipinski definition) is 4. The number of carbonyl (C=O) groups is 1. The number of nitrogens with zero attached hydrogens (tertiary/aromatic N) is 2. The van der Waals surface area contributed by atoms with E-state index in [9.17, 15) is 4.79 Å². The molecule has 2 fully saturated rings. The third kappa shape index (κ3) is 1.89. The van der Waals surface area contributed by atoms with Crippen molar-refractivity contribution in [2.75, 3.05) is 16.5 Å². The number of ether oxygens (including phenoxy) is 1. The van der Waals surface area contributed by atoms with Crippen molar-refractivity contribution in [2.24, 2.45) is 0 Å². The smallest absolute Gasteiger partial charge is 0.257 e. The molecular weight excluding hydrogens is 304 g/mol. The highest BCUT2D eigenvalue weighted by Crippen LogP contribution is 2.44. The van der Waals surface area contributed by atoms with Crippen LogP contribution in [0.5, 0.6) is 5.75 Å². The van der Waals surface area contributed by atoms with Crippen LogP contribution in [-0.4, -0.2) is 39.2 Å². The van der Waals surface area contributed by atoms with Crippen molar-refractivity contribution in [1.29, 1.82) is 0 Å². The molecule has 110 valence electrons. The third-order valence-electron chi connectivity index (χ3n) is 4.14. The molecule has 0 saturated carbocycles. The first-order valence-corrected chi connectivity index (χ1v) is 8.57. The fourth-order valence-corrected chi connectivity index (χ4v) is 4.82. The maximum absolute atomic E-state index is 12.7. The van der Waals surface area contributed by atoms with Gasteiger partial charge in [0.2, 0.25) is 0 Å². The summed E-state index contributed by atoms with van der Waals surface area (Å²) in [5.41, 5.74) is 1.72. The van der Waals surface area contributed by atoms with E-state index in [1.165, 1.54) is 0 Å². The summed E-state index contributed by atoms with van der Waals surface area (Å²) in [4.78, 5) is 16.4. The number of thiocarbonyl (C=S) groups is 1. The van der Waals surface area contributed by atoms with Crippen LogP contribution >= 0.6 is 24.0 Å². The molecule has 3 heterocycles. The fraction of sp³-hybridized carbons (Fsp3) is 0.467. The Balaban J connectivity index is 1.78. The monoisotopic (exact) mass is 320 g/mol. The van der Waals surface area contributed by atoms with E-state index in [1.54, 1.807) is 16.7 Å². The van der Waals surface area contributed by atoms with E-state index in [1.807, 2.05) is 17.0 Å². The Hall–Kier alpha value is -1.27. The van der Waals surface area contributed by atoms with Crippen molar-refractivity contribution in [3.05, 3.63) is 23.8 Å². The van der Waals surface area contributed by atoms with Crippen molar-refractivity contribution in [3.8, 4) is 5.75 Å². The standard InChI is InChI=1S/C15H16N2O2S2/c1-15(2)6-9-4-3-5-10(12(9)19-15)17-13(18)11-7-21-8-16(11)14(17)20/h3-5,11H,6-8H2,1-2H3/t11-/m1/s1. The van der Waals surface area contributed by atoms with E-state index < -0.39 is 0 Å². The summed E-state index contributed by atoms with van der Waals surface area (Å²) in [7, 11) is 0. The molecule has 0 radical (unpaired) electrons. The number of rotatable bonds is 1. The highest BCUT2D eigenvalue weighted by atomic mass is 32.2. The van der Waals surface area contributed by atoms with Crippen molar-refractivity contribution < 1.29 is 9.53 Å². The predicted octanol–water partition coefficient (Wildman–Crippen LogP) is 2.41. The summed E-state index contributed by atoms with van der Waals surface area (Å²) < 4.78 is 6.08. The average Bonchev–Trinajstić information content (AvgIpc) is 3.05. The van der Waals surface area contributed by atoms with Crippen LogP contribution in [0, 0.1) is 0 Å². The van der Waals surface area contributed by atoms with Gasteiger partial charge in [-0.1, -0.05) is 12.1 Å². The lowest BCUT2D eigenvalue weighted by Gasteiger charge is -2.22. The van der Waals surface area contributed by atoms with E-state index in [0.29, 0.717) is 5.11 Å². The van der Waals surface area contributed by atoms with Gasteiger partial charge in [-0.05, 0) is 32.1 Å². The number of hydrogen-bond donors (Lipinski definition) is 0. The first kappa shape index (κ1) is 13.4. The number of fused-ring (bicyclic) bond motifs is 2.